The Hall–Kier alpha value is -1.82. The summed E-state index contributed by atoms with van der Waals surface area (Å²) < 4.78 is 10.1. The van der Waals surface area contributed by atoms with Gasteiger partial charge in [0.25, 0.3) is 0 Å². The molecule has 3 fully saturated rings. The molecule has 0 aromatic carbocycles. The van der Waals surface area contributed by atoms with Crippen molar-refractivity contribution in [1.29, 1.82) is 0 Å². The summed E-state index contributed by atoms with van der Waals surface area (Å²) in [5.74, 6) is 0.462. The van der Waals surface area contributed by atoms with E-state index in [0.29, 0.717) is 11.5 Å². The molecule has 1 aromatic heterocycles. The average molecular weight is 318 g/mol. The molecular weight excluding hydrogens is 296 g/mol. The van der Waals surface area contributed by atoms with Gasteiger partial charge >= 0.3 is 5.97 Å². The third-order valence-electron chi connectivity index (χ3n) is 5.36. The molecular formula is C17H22N2O4. The summed E-state index contributed by atoms with van der Waals surface area (Å²) in [5, 5.41) is 3.53. The maximum absolute atomic E-state index is 13.1. The van der Waals surface area contributed by atoms with Crippen LogP contribution in [0.2, 0.25) is 0 Å². The van der Waals surface area contributed by atoms with Crippen LogP contribution >= 0.6 is 0 Å². The van der Waals surface area contributed by atoms with E-state index in [1.54, 1.807) is 6.07 Å². The molecule has 1 aromatic rings. The van der Waals surface area contributed by atoms with E-state index in [9.17, 15) is 9.59 Å². The molecule has 3 aliphatic rings. The summed E-state index contributed by atoms with van der Waals surface area (Å²) in [7, 11) is 1.34. The normalized spacial score (nSPS) is 26.2. The minimum absolute atomic E-state index is 0.184. The zero-order chi connectivity index (χ0) is 16.0. The molecule has 1 N–H and O–H groups in total. The van der Waals surface area contributed by atoms with Gasteiger partial charge in [0.2, 0.25) is 11.7 Å². The van der Waals surface area contributed by atoms with Crippen molar-refractivity contribution in [2.45, 2.75) is 50.2 Å². The number of furan rings is 1. The molecule has 6 nitrogen and oxygen atoms in total. The number of rotatable bonds is 4. The van der Waals surface area contributed by atoms with Crippen molar-refractivity contribution in [3.05, 3.63) is 23.7 Å². The number of hydrogen-bond donors (Lipinski definition) is 1. The average Bonchev–Trinajstić information content (AvgIpc) is 2.99. The number of hydrogen-bond acceptors (Lipinski definition) is 5. The summed E-state index contributed by atoms with van der Waals surface area (Å²) in [6, 6.07) is 1.77. The highest BCUT2D eigenvalue weighted by Gasteiger charge is 2.54. The lowest BCUT2D eigenvalue weighted by Gasteiger charge is -2.23. The van der Waals surface area contributed by atoms with E-state index < -0.39 is 11.5 Å². The van der Waals surface area contributed by atoms with E-state index in [2.05, 4.69) is 5.32 Å². The fraction of sp³-hybridized carbons (Fsp3) is 0.647. The number of amides is 1. The predicted octanol–water partition coefficient (Wildman–Crippen LogP) is 2.22. The van der Waals surface area contributed by atoms with Crippen LogP contribution in [0.25, 0.3) is 0 Å². The molecule has 124 valence electrons. The van der Waals surface area contributed by atoms with E-state index in [1.807, 2.05) is 4.90 Å². The molecule has 2 saturated carbocycles. The molecule has 6 heteroatoms. The van der Waals surface area contributed by atoms with Crippen LogP contribution < -0.4 is 5.32 Å². The zero-order valence-corrected chi connectivity index (χ0v) is 13.3. The van der Waals surface area contributed by atoms with Crippen LogP contribution in [0.4, 0.5) is 0 Å². The summed E-state index contributed by atoms with van der Waals surface area (Å²) in [5.41, 5.74) is 0.249. The van der Waals surface area contributed by atoms with Crippen molar-refractivity contribution >= 4 is 11.9 Å². The van der Waals surface area contributed by atoms with Gasteiger partial charge in [-0.05, 0) is 37.7 Å². The molecule has 23 heavy (non-hydrogen) atoms. The van der Waals surface area contributed by atoms with Gasteiger partial charge in [-0.3, -0.25) is 10.1 Å². The lowest BCUT2D eigenvalue weighted by molar-refractivity contribution is -0.133. The maximum Gasteiger partial charge on any atom is 0.374 e. The first kappa shape index (κ1) is 14.8. The van der Waals surface area contributed by atoms with Crippen molar-refractivity contribution in [1.82, 2.24) is 10.2 Å². The van der Waals surface area contributed by atoms with Crippen LogP contribution in [0.15, 0.2) is 16.7 Å². The van der Waals surface area contributed by atoms with E-state index in [-0.39, 0.29) is 17.8 Å². The smallest absolute Gasteiger partial charge is 0.374 e. The topological polar surface area (TPSA) is 71.8 Å². The fourth-order valence-corrected chi connectivity index (χ4v) is 3.94. The molecule has 1 aliphatic heterocycles. The Morgan fingerprint density at radius 2 is 2.17 bits per heavy atom. The summed E-state index contributed by atoms with van der Waals surface area (Å²) >= 11 is 0. The highest BCUT2D eigenvalue weighted by Crippen LogP contribution is 2.43. The van der Waals surface area contributed by atoms with Gasteiger partial charge in [-0.1, -0.05) is 12.8 Å². The number of carbonyl (C=O) groups excluding carboxylic acids is 2. The van der Waals surface area contributed by atoms with Gasteiger partial charge in [-0.15, -0.1) is 0 Å². The maximum atomic E-state index is 13.1. The number of ether oxygens (including phenoxy) is 1. The fourth-order valence-electron chi connectivity index (χ4n) is 3.94. The first-order valence-corrected chi connectivity index (χ1v) is 8.39. The largest absolute Gasteiger partial charge is 0.463 e. The first-order chi connectivity index (χ1) is 11.1. The molecule has 1 atom stereocenters. The van der Waals surface area contributed by atoms with Crippen LogP contribution in [-0.2, 0) is 9.53 Å². The molecule has 4 rings (SSSR count). The predicted molar refractivity (Wildman–Crippen MR) is 81.6 cm³/mol. The van der Waals surface area contributed by atoms with Crippen LogP contribution in [0.1, 0.15) is 60.8 Å². The molecule has 0 bridgehead atoms. The van der Waals surface area contributed by atoms with Crippen LogP contribution in [0, 0.1) is 5.92 Å². The van der Waals surface area contributed by atoms with Crippen LogP contribution in [0.5, 0.6) is 0 Å². The number of nitrogens with zero attached hydrogens (tertiary/aromatic N) is 1. The molecule has 2 aliphatic carbocycles. The van der Waals surface area contributed by atoms with Crippen molar-refractivity contribution in [2.75, 3.05) is 13.7 Å². The summed E-state index contributed by atoms with van der Waals surface area (Å²) in [4.78, 5) is 26.9. The number of methoxy groups -OCH3 is 1. The van der Waals surface area contributed by atoms with Gasteiger partial charge in [-0.25, -0.2) is 4.79 Å². The summed E-state index contributed by atoms with van der Waals surface area (Å²) in [6.07, 6.45) is 7.42. The van der Waals surface area contributed by atoms with Gasteiger partial charge in [0.1, 0.15) is 6.17 Å². The second-order valence-electron chi connectivity index (χ2n) is 6.93. The van der Waals surface area contributed by atoms with Crippen molar-refractivity contribution in [2.24, 2.45) is 5.92 Å². The van der Waals surface area contributed by atoms with Gasteiger partial charge in [0, 0.05) is 12.1 Å². The first-order valence-electron chi connectivity index (χ1n) is 8.39. The van der Waals surface area contributed by atoms with Gasteiger partial charge in [0.05, 0.1) is 18.9 Å². The van der Waals surface area contributed by atoms with E-state index >= 15 is 0 Å². The molecule has 1 spiro atoms. The van der Waals surface area contributed by atoms with E-state index in [4.69, 9.17) is 9.15 Å². The monoisotopic (exact) mass is 318 g/mol. The van der Waals surface area contributed by atoms with Crippen molar-refractivity contribution in [3.8, 4) is 0 Å². The van der Waals surface area contributed by atoms with E-state index in [0.717, 1.165) is 32.2 Å². The van der Waals surface area contributed by atoms with Crippen LogP contribution in [-0.4, -0.2) is 36.0 Å². The second-order valence-corrected chi connectivity index (χ2v) is 6.93. The molecule has 0 unspecified atom stereocenters. The SMILES string of the molecule is COC(=O)c1occc1[C@@H]1NC2(CCCC2)C(=O)N1CC1CC1. The van der Waals surface area contributed by atoms with Crippen molar-refractivity contribution in [3.63, 3.8) is 0 Å². The zero-order valence-electron chi connectivity index (χ0n) is 13.3. The Morgan fingerprint density at radius 1 is 1.43 bits per heavy atom. The van der Waals surface area contributed by atoms with E-state index in [1.165, 1.54) is 26.2 Å². The Bertz CT molecular complexity index is 628. The highest BCUT2D eigenvalue weighted by molar-refractivity contribution is 5.91. The molecule has 0 radical (unpaired) electrons. The third-order valence-corrected chi connectivity index (χ3v) is 5.36. The van der Waals surface area contributed by atoms with Crippen molar-refractivity contribution < 1.29 is 18.7 Å². The lowest BCUT2D eigenvalue weighted by Crippen LogP contribution is -2.44. The highest BCUT2D eigenvalue weighted by atomic mass is 16.5. The number of esters is 1. The Morgan fingerprint density at radius 3 is 2.83 bits per heavy atom. The number of nitrogens with one attached hydrogen (secondary N) is 1. The van der Waals surface area contributed by atoms with Gasteiger partial charge < -0.3 is 14.1 Å². The standard InChI is InChI=1S/C17H22N2O4/c1-22-15(20)13-12(6-9-23-13)14-18-17(7-2-3-8-17)16(21)19(14)10-11-4-5-11/h6,9,11,14,18H,2-5,7-8,10H2,1H3/t14-/m1/s1. The van der Waals surface area contributed by atoms with Gasteiger partial charge in [-0.2, -0.15) is 0 Å². The Balaban J connectivity index is 1.69. The van der Waals surface area contributed by atoms with Crippen LogP contribution in [0.3, 0.4) is 0 Å². The molecule has 1 saturated heterocycles. The minimum atomic E-state index is -0.502. The quantitative estimate of drug-likeness (QED) is 0.862. The minimum Gasteiger partial charge on any atom is -0.463 e. The van der Waals surface area contributed by atoms with Gasteiger partial charge in [0.15, 0.2) is 0 Å². The third kappa shape index (κ3) is 2.36. The lowest BCUT2D eigenvalue weighted by atomic mass is 9.98. The second kappa shape index (κ2) is 5.37. The Kier molecular flexibility index (Phi) is 3.44. The summed E-state index contributed by atoms with van der Waals surface area (Å²) in [6.45, 7) is 0.754. The molecule has 2 heterocycles. The Labute approximate surface area is 135 Å². The molecule has 1 amide bonds. The number of carbonyl (C=O) groups is 2.